The van der Waals surface area contributed by atoms with E-state index in [2.05, 4.69) is 0 Å². The Morgan fingerprint density at radius 2 is 1.95 bits per heavy atom. The molecule has 0 atom stereocenters. The first-order chi connectivity index (χ1) is 9.64. The van der Waals surface area contributed by atoms with Gasteiger partial charge in [-0.25, -0.2) is 0 Å². The summed E-state index contributed by atoms with van der Waals surface area (Å²) in [6.07, 6.45) is 4.39. The smallest absolute Gasteiger partial charge is 0.314 e. The number of rotatable bonds is 5. The average Bonchev–Trinajstić information content (AvgIpc) is 2.48. The van der Waals surface area contributed by atoms with Gasteiger partial charge >= 0.3 is 5.97 Å². The second-order valence-corrected chi connectivity index (χ2v) is 5.40. The fourth-order valence-corrected chi connectivity index (χ4v) is 3.16. The Bertz CT molecular complexity index is 475. The lowest BCUT2D eigenvalue weighted by molar-refractivity contribution is -0.145. The van der Waals surface area contributed by atoms with Crippen molar-refractivity contribution in [1.29, 1.82) is 0 Å². The van der Waals surface area contributed by atoms with Crippen LogP contribution in [0.25, 0.3) is 0 Å². The first kappa shape index (κ1) is 14.9. The summed E-state index contributed by atoms with van der Waals surface area (Å²) in [5, 5.41) is 9.82. The minimum absolute atomic E-state index is 0.425. The van der Waals surface area contributed by atoms with E-state index < -0.39 is 11.4 Å². The van der Waals surface area contributed by atoms with Gasteiger partial charge in [-0.05, 0) is 36.1 Å². The van der Waals surface area contributed by atoms with Crippen molar-refractivity contribution in [2.24, 2.45) is 0 Å². The first-order valence-electron chi connectivity index (χ1n) is 7.04. The molecule has 20 heavy (non-hydrogen) atoms. The van der Waals surface area contributed by atoms with Crippen LogP contribution in [0.15, 0.2) is 18.2 Å². The van der Waals surface area contributed by atoms with Gasteiger partial charge in [0.1, 0.15) is 5.75 Å². The second kappa shape index (κ2) is 6.27. The quantitative estimate of drug-likeness (QED) is 0.899. The number of carbonyl (C=O) groups is 1. The topological polar surface area (TPSA) is 55.8 Å². The molecule has 0 bridgehead atoms. The van der Waals surface area contributed by atoms with Crippen LogP contribution in [-0.2, 0) is 21.6 Å². The molecular weight excluding hydrogens is 256 g/mol. The zero-order valence-electron chi connectivity index (χ0n) is 12.1. The standard InChI is InChI=1S/C16H22O4/c1-19-11-12-6-7-13(20-2)10-14(12)16(15(17)18)8-4-3-5-9-16/h6-7,10H,3-5,8-9,11H2,1-2H3,(H,17,18). The average molecular weight is 278 g/mol. The van der Waals surface area contributed by atoms with E-state index in [1.807, 2.05) is 18.2 Å². The van der Waals surface area contributed by atoms with Crippen molar-refractivity contribution in [3.05, 3.63) is 29.3 Å². The van der Waals surface area contributed by atoms with Gasteiger partial charge in [0.15, 0.2) is 0 Å². The molecule has 1 aliphatic carbocycles. The van der Waals surface area contributed by atoms with Crippen molar-refractivity contribution >= 4 is 5.97 Å². The van der Waals surface area contributed by atoms with Gasteiger partial charge in [-0.1, -0.05) is 25.3 Å². The number of carboxylic acid groups (broad SMARTS) is 1. The van der Waals surface area contributed by atoms with E-state index >= 15 is 0 Å². The van der Waals surface area contributed by atoms with Gasteiger partial charge < -0.3 is 14.6 Å². The number of hydrogen-bond acceptors (Lipinski definition) is 3. The third kappa shape index (κ3) is 2.66. The Labute approximate surface area is 119 Å². The Kier molecular flexibility index (Phi) is 4.65. The number of ether oxygens (including phenoxy) is 2. The largest absolute Gasteiger partial charge is 0.497 e. The number of benzene rings is 1. The summed E-state index contributed by atoms with van der Waals surface area (Å²) in [7, 11) is 3.23. The van der Waals surface area contributed by atoms with Crippen LogP contribution in [0.2, 0.25) is 0 Å². The van der Waals surface area contributed by atoms with Gasteiger partial charge in [-0.2, -0.15) is 0 Å². The SMILES string of the molecule is COCc1ccc(OC)cc1C1(C(=O)O)CCCCC1. The Morgan fingerprint density at radius 3 is 2.50 bits per heavy atom. The van der Waals surface area contributed by atoms with E-state index in [4.69, 9.17) is 9.47 Å². The lowest BCUT2D eigenvalue weighted by atomic mass is 9.68. The molecule has 4 nitrogen and oxygen atoms in total. The molecule has 0 heterocycles. The zero-order valence-corrected chi connectivity index (χ0v) is 12.1. The lowest BCUT2D eigenvalue weighted by Gasteiger charge is -2.35. The molecule has 0 aromatic heterocycles. The minimum atomic E-state index is -0.791. The van der Waals surface area contributed by atoms with E-state index in [-0.39, 0.29) is 0 Å². The summed E-state index contributed by atoms with van der Waals surface area (Å²) in [5.41, 5.74) is 1.00. The Hall–Kier alpha value is -1.55. The first-order valence-corrected chi connectivity index (χ1v) is 7.04. The van der Waals surface area contributed by atoms with Crippen LogP contribution in [0.4, 0.5) is 0 Å². The predicted octanol–water partition coefficient (Wildman–Crippen LogP) is 3.13. The van der Waals surface area contributed by atoms with E-state index in [1.54, 1.807) is 14.2 Å². The van der Waals surface area contributed by atoms with E-state index in [0.717, 1.165) is 30.4 Å². The highest BCUT2D eigenvalue weighted by atomic mass is 16.5. The lowest BCUT2D eigenvalue weighted by Crippen LogP contribution is -2.38. The number of hydrogen-bond donors (Lipinski definition) is 1. The van der Waals surface area contributed by atoms with Crippen LogP contribution < -0.4 is 4.74 Å². The molecule has 1 saturated carbocycles. The molecule has 1 fully saturated rings. The molecule has 1 aliphatic rings. The molecule has 1 N–H and O–H groups in total. The summed E-state index contributed by atoms with van der Waals surface area (Å²) in [6.45, 7) is 0.425. The second-order valence-electron chi connectivity index (χ2n) is 5.40. The van der Waals surface area contributed by atoms with E-state index in [9.17, 15) is 9.90 Å². The highest BCUT2D eigenvalue weighted by Gasteiger charge is 2.42. The maximum atomic E-state index is 12.0. The number of methoxy groups -OCH3 is 2. The molecule has 1 aromatic rings. The van der Waals surface area contributed by atoms with Crippen molar-refractivity contribution in [2.45, 2.75) is 44.1 Å². The molecule has 110 valence electrons. The molecule has 0 unspecified atom stereocenters. The molecule has 1 aromatic carbocycles. The van der Waals surface area contributed by atoms with E-state index in [1.165, 1.54) is 0 Å². The number of carboxylic acids is 1. The molecule has 4 heteroatoms. The van der Waals surface area contributed by atoms with Gasteiger partial charge in [0.25, 0.3) is 0 Å². The van der Waals surface area contributed by atoms with Gasteiger partial charge in [0.05, 0.1) is 19.1 Å². The monoisotopic (exact) mass is 278 g/mol. The van der Waals surface area contributed by atoms with Crippen molar-refractivity contribution in [3.8, 4) is 5.75 Å². The summed E-state index contributed by atoms with van der Waals surface area (Å²) < 4.78 is 10.5. The molecule has 0 radical (unpaired) electrons. The van der Waals surface area contributed by atoms with Crippen molar-refractivity contribution in [3.63, 3.8) is 0 Å². The summed E-state index contributed by atoms with van der Waals surface area (Å²) in [4.78, 5) is 12.0. The maximum absolute atomic E-state index is 12.0. The Morgan fingerprint density at radius 1 is 1.25 bits per heavy atom. The zero-order chi connectivity index (χ0) is 14.6. The van der Waals surface area contributed by atoms with Crippen molar-refractivity contribution < 1.29 is 19.4 Å². The van der Waals surface area contributed by atoms with Gasteiger partial charge in [0.2, 0.25) is 0 Å². The normalized spacial score (nSPS) is 17.7. The van der Waals surface area contributed by atoms with Crippen LogP contribution in [0.1, 0.15) is 43.2 Å². The maximum Gasteiger partial charge on any atom is 0.314 e. The highest BCUT2D eigenvalue weighted by Crippen LogP contribution is 2.42. The van der Waals surface area contributed by atoms with Crippen molar-refractivity contribution in [1.82, 2.24) is 0 Å². The van der Waals surface area contributed by atoms with Gasteiger partial charge in [0, 0.05) is 7.11 Å². The van der Waals surface area contributed by atoms with Crippen LogP contribution in [0, 0.1) is 0 Å². The van der Waals surface area contributed by atoms with Crippen LogP contribution in [0.3, 0.4) is 0 Å². The van der Waals surface area contributed by atoms with Crippen LogP contribution in [-0.4, -0.2) is 25.3 Å². The van der Waals surface area contributed by atoms with E-state index in [0.29, 0.717) is 25.2 Å². The molecule has 0 amide bonds. The molecule has 0 spiro atoms. The third-order valence-electron chi connectivity index (χ3n) is 4.25. The van der Waals surface area contributed by atoms with Crippen LogP contribution in [0.5, 0.6) is 5.75 Å². The molecule has 0 aliphatic heterocycles. The molecular formula is C16H22O4. The summed E-state index contributed by atoms with van der Waals surface area (Å²) in [5.74, 6) is -0.0335. The summed E-state index contributed by atoms with van der Waals surface area (Å²) in [6, 6.07) is 5.64. The number of aliphatic carboxylic acids is 1. The highest BCUT2D eigenvalue weighted by molar-refractivity contribution is 5.82. The fourth-order valence-electron chi connectivity index (χ4n) is 3.16. The van der Waals surface area contributed by atoms with Crippen LogP contribution >= 0.6 is 0 Å². The van der Waals surface area contributed by atoms with Gasteiger partial charge in [-0.15, -0.1) is 0 Å². The molecule has 2 rings (SSSR count). The van der Waals surface area contributed by atoms with Gasteiger partial charge in [-0.3, -0.25) is 4.79 Å². The minimum Gasteiger partial charge on any atom is -0.497 e. The van der Waals surface area contributed by atoms with Crippen molar-refractivity contribution in [2.75, 3.05) is 14.2 Å². The summed E-state index contributed by atoms with van der Waals surface area (Å²) >= 11 is 0. The Balaban J connectivity index is 2.52. The predicted molar refractivity (Wildman–Crippen MR) is 76.1 cm³/mol. The fraction of sp³-hybridized carbons (Fsp3) is 0.562. The molecule has 0 saturated heterocycles. The third-order valence-corrected chi connectivity index (χ3v) is 4.25.